The Labute approximate surface area is 144 Å². The second-order valence-corrected chi connectivity index (χ2v) is 7.14. The van der Waals surface area contributed by atoms with Crippen LogP contribution in [0.5, 0.6) is 0 Å². The third-order valence-electron chi connectivity index (χ3n) is 4.43. The standard InChI is InChI=1S/C18H18BrClFN/c1-12-2-7-16(18(21)17(12)20)22-10-8-14(9-11-22)13-3-5-15(19)6-4-13/h2-7,14H,8-11H2,1H3. The molecule has 0 amide bonds. The first kappa shape index (κ1) is 15.8. The number of halogens is 3. The van der Waals surface area contributed by atoms with Gasteiger partial charge in [0.25, 0.3) is 0 Å². The lowest BCUT2D eigenvalue weighted by molar-refractivity contribution is 0.497. The molecular weight excluding hydrogens is 365 g/mol. The van der Waals surface area contributed by atoms with E-state index < -0.39 is 0 Å². The number of piperidine rings is 1. The van der Waals surface area contributed by atoms with Crippen LogP contribution in [0.2, 0.25) is 5.02 Å². The Morgan fingerprint density at radius 2 is 1.73 bits per heavy atom. The molecule has 1 fully saturated rings. The highest BCUT2D eigenvalue weighted by atomic mass is 79.9. The van der Waals surface area contributed by atoms with Gasteiger partial charge in [0, 0.05) is 17.6 Å². The third-order valence-corrected chi connectivity index (χ3v) is 5.42. The van der Waals surface area contributed by atoms with Crippen LogP contribution in [0.3, 0.4) is 0 Å². The van der Waals surface area contributed by atoms with E-state index in [2.05, 4.69) is 45.1 Å². The quantitative estimate of drug-likeness (QED) is 0.622. The summed E-state index contributed by atoms with van der Waals surface area (Å²) in [5.41, 5.74) is 2.78. The molecule has 1 aliphatic heterocycles. The fourth-order valence-electron chi connectivity index (χ4n) is 3.07. The predicted octanol–water partition coefficient (Wildman–Crippen LogP) is 5.93. The zero-order chi connectivity index (χ0) is 15.7. The first-order valence-electron chi connectivity index (χ1n) is 7.51. The normalized spacial score (nSPS) is 16.1. The van der Waals surface area contributed by atoms with Gasteiger partial charge in [0.15, 0.2) is 5.82 Å². The van der Waals surface area contributed by atoms with Gasteiger partial charge in [-0.3, -0.25) is 0 Å². The molecule has 2 aromatic carbocycles. The van der Waals surface area contributed by atoms with Crippen LogP contribution in [0.4, 0.5) is 10.1 Å². The van der Waals surface area contributed by atoms with Crippen molar-refractivity contribution in [2.75, 3.05) is 18.0 Å². The molecule has 1 saturated heterocycles. The lowest BCUT2D eigenvalue weighted by atomic mass is 9.89. The highest BCUT2D eigenvalue weighted by molar-refractivity contribution is 9.10. The molecule has 0 N–H and O–H groups in total. The smallest absolute Gasteiger partial charge is 0.165 e. The van der Waals surface area contributed by atoms with Gasteiger partial charge in [-0.1, -0.05) is 45.7 Å². The lowest BCUT2D eigenvalue weighted by Gasteiger charge is -2.34. The van der Waals surface area contributed by atoms with Crippen molar-refractivity contribution >= 4 is 33.2 Å². The molecule has 22 heavy (non-hydrogen) atoms. The first-order chi connectivity index (χ1) is 10.6. The largest absolute Gasteiger partial charge is 0.369 e. The molecule has 0 aliphatic carbocycles. The van der Waals surface area contributed by atoms with Gasteiger partial charge in [0.1, 0.15) is 0 Å². The maximum absolute atomic E-state index is 14.3. The second kappa shape index (κ2) is 6.59. The summed E-state index contributed by atoms with van der Waals surface area (Å²) in [6.07, 6.45) is 2.07. The number of rotatable bonds is 2. The van der Waals surface area contributed by atoms with Gasteiger partial charge in [-0.05, 0) is 55.0 Å². The Hall–Kier alpha value is -1.06. The molecule has 4 heteroatoms. The van der Waals surface area contributed by atoms with Crippen LogP contribution in [-0.2, 0) is 0 Å². The van der Waals surface area contributed by atoms with Crippen LogP contribution in [0.1, 0.15) is 29.9 Å². The zero-order valence-electron chi connectivity index (χ0n) is 12.5. The molecule has 116 valence electrons. The van der Waals surface area contributed by atoms with Crippen molar-refractivity contribution in [2.45, 2.75) is 25.7 Å². The van der Waals surface area contributed by atoms with Gasteiger partial charge in [-0.25, -0.2) is 4.39 Å². The van der Waals surface area contributed by atoms with Crippen LogP contribution >= 0.6 is 27.5 Å². The lowest BCUT2D eigenvalue weighted by Crippen LogP contribution is -2.33. The molecule has 1 nitrogen and oxygen atoms in total. The molecule has 2 aromatic rings. The van der Waals surface area contributed by atoms with Crippen molar-refractivity contribution in [2.24, 2.45) is 0 Å². The highest BCUT2D eigenvalue weighted by Gasteiger charge is 2.23. The fraction of sp³-hybridized carbons (Fsp3) is 0.333. The molecule has 0 unspecified atom stereocenters. The molecule has 0 spiro atoms. The average Bonchev–Trinajstić information content (AvgIpc) is 2.54. The molecule has 0 saturated carbocycles. The van der Waals surface area contributed by atoms with Crippen molar-refractivity contribution in [1.82, 2.24) is 0 Å². The summed E-state index contributed by atoms with van der Waals surface area (Å²) < 4.78 is 15.4. The van der Waals surface area contributed by atoms with E-state index >= 15 is 0 Å². The molecule has 0 aromatic heterocycles. The van der Waals surface area contributed by atoms with Gasteiger partial charge in [-0.15, -0.1) is 0 Å². The van der Waals surface area contributed by atoms with Crippen molar-refractivity contribution in [3.63, 3.8) is 0 Å². The predicted molar refractivity (Wildman–Crippen MR) is 94.5 cm³/mol. The topological polar surface area (TPSA) is 3.24 Å². The summed E-state index contributed by atoms with van der Waals surface area (Å²) in [6, 6.07) is 12.3. The number of benzene rings is 2. The fourth-order valence-corrected chi connectivity index (χ4v) is 3.49. The number of nitrogens with zero attached hydrogens (tertiary/aromatic N) is 1. The Morgan fingerprint density at radius 3 is 2.36 bits per heavy atom. The monoisotopic (exact) mass is 381 g/mol. The Kier molecular flexibility index (Phi) is 4.74. The number of hydrogen-bond donors (Lipinski definition) is 0. The second-order valence-electron chi connectivity index (χ2n) is 5.84. The van der Waals surface area contributed by atoms with E-state index in [1.54, 1.807) is 0 Å². The first-order valence-corrected chi connectivity index (χ1v) is 8.68. The summed E-state index contributed by atoms with van der Waals surface area (Å²) in [7, 11) is 0. The van der Waals surface area contributed by atoms with Crippen molar-refractivity contribution < 1.29 is 4.39 Å². The SMILES string of the molecule is Cc1ccc(N2CCC(c3ccc(Br)cc3)CC2)c(F)c1Cl. The maximum atomic E-state index is 14.3. The summed E-state index contributed by atoms with van der Waals surface area (Å²) >= 11 is 9.50. The molecule has 0 atom stereocenters. The van der Waals surface area contributed by atoms with Crippen LogP contribution < -0.4 is 4.90 Å². The van der Waals surface area contributed by atoms with E-state index in [1.807, 2.05) is 19.1 Å². The van der Waals surface area contributed by atoms with E-state index in [9.17, 15) is 4.39 Å². The Bertz CT molecular complexity index is 664. The minimum absolute atomic E-state index is 0.243. The van der Waals surface area contributed by atoms with Gasteiger partial charge in [-0.2, -0.15) is 0 Å². The number of anilines is 1. The maximum Gasteiger partial charge on any atom is 0.165 e. The number of aryl methyl sites for hydroxylation is 1. The van der Waals surface area contributed by atoms with E-state index in [4.69, 9.17) is 11.6 Å². The molecule has 1 heterocycles. The molecular formula is C18H18BrClFN. The van der Waals surface area contributed by atoms with Crippen molar-refractivity contribution in [3.05, 3.63) is 62.8 Å². The number of hydrogen-bond acceptors (Lipinski definition) is 1. The van der Waals surface area contributed by atoms with Crippen LogP contribution in [0, 0.1) is 12.7 Å². The van der Waals surface area contributed by atoms with E-state index in [-0.39, 0.29) is 10.8 Å². The summed E-state index contributed by atoms with van der Waals surface area (Å²) in [4.78, 5) is 2.11. The van der Waals surface area contributed by atoms with E-state index in [0.29, 0.717) is 11.6 Å². The van der Waals surface area contributed by atoms with Gasteiger partial charge >= 0.3 is 0 Å². The highest BCUT2D eigenvalue weighted by Crippen LogP contribution is 2.34. The minimum atomic E-state index is -0.288. The van der Waals surface area contributed by atoms with E-state index in [1.165, 1.54) is 5.56 Å². The molecule has 0 bridgehead atoms. The molecule has 0 radical (unpaired) electrons. The summed E-state index contributed by atoms with van der Waals surface area (Å²) in [5, 5.41) is 0.243. The average molecular weight is 383 g/mol. The summed E-state index contributed by atoms with van der Waals surface area (Å²) in [5.74, 6) is 0.261. The minimum Gasteiger partial charge on any atom is -0.369 e. The zero-order valence-corrected chi connectivity index (χ0v) is 14.8. The van der Waals surface area contributed by atoms with Crippen LogP contribution in [0.15, 0.2) is 40.9 Å². The van der Waals surface area contributed by atoms with Crippen molar-refractivity contribution in [3.8, 4) is 0 Å². The Morgan fingerprint density at radius 1 is 1.09 bits per heavy atom. The van der Waals surface area contributed by atoms with E-state index in [0.717, 1.165) is 36.0 Å². The van der Waals surface area contributed by atoms with Gasteiger partial charge in [0.2, 0.25) is 0 Å². The van der Waals surface area contributed by atoms with Crippen LogP contribution in [-0.4, -0.2) is 13.1 Å². The van der Waals surface area contributed by atoms with Crippen molar-refractivity contribution in [1.29, 1.82) is 0 Å². The summed E-state index contributed by atoms with van der Waals surface area (Å²) in [6.45, 7) is 3.54. The van der Waals surface area contributed by atoms with Crippen LogP contribution in [0.25, 0.3) is 0 Å². The Balaban J connectivity index is 1.72. The molecule has 1 aliphatic rings. The molecule has 3 rings (SSSR count). The third kappa shape index (κ3) is 3.16. The van der Waals surface area contributed by atoms with Gasteiger partial charge < -0.3 is 4.90 Å². The van der Waals surface area contributed by atoms with Gasteiger partial charge in [0.05, 0.1) is 10.7 Å².